The smallest absolute Gasteiger partial charge is 0.256 e. The molecule has 0 spiro atoms. The molecular weight excluding hydrogens is 441 g/mol. The van der Waals surface area contributed by atoms with E-state index in [1.165, 1.54) is 29.2 Å². The molecule has 3 aromatic carbocycles. The highest BCUT2D eigenvalue weighted by atomic mass is 32.1. The third-order valence-electron chi connectivity index (χ3n) is 5.35. The molecule has 1 aliphatic rings. The van der Waals surface area contributed by atoms with Crippen molar-refractivity contribution in [3.05, 3.63) is 90.2 Å². The molecule has 0 aliphatic carbocycles. The monoisotopic (exact) mass is 463 g/mol. The number of ether oxygens (including phenoxy) is 1. The molecule has 1 fully saturated rings. The van der Waals surface area contributed by atoms with Crippen molar-refractivity contribution >= 4 is 40.5 Å². The van der Waals surface area contributed by atoms with Crippen LogP contribution >= 0.6 is 12.2 Å². The van der Waals surface area contributed by atoms with Crippen molar-refractivity contribution in [1.29, 1.82) is 0 Å². The minimum absolute atomic E-state index is 0.0816. The van der Waals surface area contributed by atoms with Gasteiger partial charge < -0.3 is 15.0 Å². The highest BCUT2D eigenvalue weighted by molar-refractivity contribution is 7.80. The topological polar surface area (TPSA) is 61.9 Å². The summed E-state index contributed by atoms with van der Waals surface area (Å²) in [5, 5.41) is 3.08. The van der Waals surface area contributed by atoms with Crippen LogP contribution in [-0.4, -0.2) is 35.0 Å². The number of nitrogens with one attached hydrogen (secondary N) is 1. The van der Waals surface area contributed by atoms with Gasteiger partial charge in [-0.1, -0.05) is 30.3 Å². The SMILES string of the molecule is COc1ccc(CN2C(=S)N(c3ccc(F)cc3)C(=O)C2CC(=O)Nc2ccccc2)cc1. The van der Waals surface area contributed by atoms with Crippen molar-refractivity contribution in [2.45, 2.75) is 19.0 Å². The average molecular weight is 464 g/mol. The van der Waals surface area contributed by atoms with E-state index in [0.29, 0.717) is 23.7 Å². The Kier molecular flexibility index (Phi) is 6.65. The summed E-state index contributed by atoms with van der Waals surface area (Å²) in [6.07, 6.45) is -0.0816. The summed E-state index contributed by atoms with van der Waals surface area (Å²) in [4.78, 5) is 29.3. The molecule has 6 nitrogen and oxygen atoms in total. The second kappa shape index (κ2) is 9.79. The summed E-state index contributed by atoms with van der Waals surface area (Å²) in [5.74, 6) is -0.331. The average Bonchev–Trinajstić information content (AvgIpc) is 3.05. The molecule has 3 aromatic rings. The Balaban J connectivity index is 1.60. The number of halogens is 1. The summed E-state index contributed by atoms with van der Waals surface area (Å²) >= 11 is 5.64. The molecule has 0 aromatic heterocycles. The van der Waals surface area contributed by atoms with Gasteiger partial charge in [0.05, 0.1) is 19.2 Å². The lowest BCUT2D eigenvalue weighted by atomic mass is 10.1. The minimum atomic E-state index is -0.798. The lowest BCUT2D eigenvalue weighted by molar-refractivity contribution is -0.124. The van der Waals surface area contributed by atoms with Crippen molar-refractivity contribution < 1.29 is 18.7 Å². The van der Waals surface area contributed by atoms with Crippen molar-refractivity contribution in [3.63, 3.8) is 0 Å². The molecule has 0 bridgehead atoms. The highest BCUT2D eigenvalue weighted by Crippen LogP contribution is 2.29. The van der Waals surface area contributed by atoms with Crippen LogP contribution in [0.4, 0.5) is 15.8 Å². The van der Waals surface area contributed by atoms with Crippen LogP contribution in [-0.2, 0) is 16.1 Å². The van der Waals surface area contributed by atoms with Crippen molar-refractivity contribution in [3.8, 4) is 5.75 Å². The number of para-hydroxylation sites is 1. The summed E-state index contributed by atoms with van der Waals surface area (Å²) in [6, 6.07) is 21.2. The largest absolute Gasteiger partial charge is 0.497 e. The quantitative estimate of drug-likeness (QED) is 0.528. The molecule has 168 valence electrons. The first-order valence-corrected chi connectivity index (χ1v) is 10.7. The number of thiocarbonyl (C=S) groups is 1. The second-order valence-corrected chi connectivity index (χ2v) is 7.91. The zero-order valence-corrected chi connectivity index (χ0v) is 18.7. The number of carbonyl (C=O) groups excluding carboxylic acids is 2. The van der Waals surface area contributed by atoms with Gasteiger partial charge in [0.1, 0.15) is 17.6 Å². The normalized spacial score (nSPS) is 15.6. The lowest BCUT2D eigenvalue weighted by Crippen LogP contribution is -2.37. The number of hydrogen-bond donors (Lipinski definition) is 1. The Bertz CT molecular complexity index is 1150. The van der Waals surface area contributed by atoms with E-state index in [2.05, 4.69) is 5.32 Å². The van der Waals surface area contributed by atoms with Crippen LogP contribution in [0.5, 0.6) is 5.75 Å². The Labute approximate surface area is 196 Å². The Morgan fingerprint density at radius 2 is 1.70 bits per heavy atom. The van der Waals surface area contributed by atoms with E-state index < -0.39 is 11.9 Å². The number of amides is 2. The predicted molar refractivity (Wildman–Crippen MR) is 128 cm³/mol. The first-order chi connectivity index (χ1) is 16.0. The molecular formula is C25H22FN3O3S. The molecule has 4 rings (SSSR count). The first kappa shape index (κ1) is 22.4. The van der Waals surface area contributed by atoms with Crippen LogP contribution in [0.2, 0.25) is 0 Å². The Morgan fingerprint density at radius 1 is 1.03 bits per heavy atom. The third kappa shape index (κ3) is 5.01. The third-order valence-corrected chi connectivity index (χ3v) is 5.77. The van der Waals surface area contributed by atoms with Gasteiger partial charge in [0.25, 0.3) is 5.91 Å². The fraction of sp³-hybridized carbons (Fsp3) is 0.160. The van der Waals surface area contributed by atoms with E-state index in [1.807, 2.05) is 42.5 Å². The van der Waals surface area contributed by atoms with E-state index in [4.69, 9.17) is 17.0 Å². The summed E-state index contributed by atoms with van der Waals surface area (Å²) in [6.45, 7) is 0.329. The zero-order valence-electron chi connectivity index (χ0n) is 17.9. The molecule has 1 aliphatic heterocycles. The van der Waals surface area contributed by atoms with Crippen molar-refractivity contribution in [2.24, 2.45) is 0 Å². The Hall–Kier alpha value is -3.78. The minimum Gasteiger partial charge on any atom is -0.497 e. The maximum absolute atomic E-state index is 13.4. The number of anilines is 2. The van der Waals surface area contributed by atoms with Gasteiger partial charge in [-0.15, -0.1) is 0 Å². The number of hydrogen-bond acceptors (Lipinski definition) is 4. The molecule has 8 heteroatoms. The van der Waals surface area contributed by atoms with Gasteiger partial charge >= 0.3 is 0 Å². The number of carbonyl (C=O) groups is 2. The fourth-order valence-electron chi connectivity index (χ4n) is 3.68. The highest BCUT2D eigenvalue weighted by Gasteiger charge is 2.44. The molecule has 0 radical (unpaired) electrons. The van der Waals surface area contributed by atoms with Gasteiger partial charge in [-0.3, -0.25) is 14.5 Å². The van der Waals surface area contributed by atoms with Crippen LogP contribution in [0.25, 0.3) is 0 Å². The number of rotatable bonds is 7. The van der Waals surface area contributed by atoms with E-state index in [9.17, 15) is 14.0 Å². The van der Waals surface area contributed by atoms with E-state index >= 15 is 0 Å². The number of benzene rings is 3. The molecule has 1 heterocycles. The molecule has 2 amide bonds. The Morgan fingerprint density at radius 3 is 2.33 bits per heavy atom. The summed E-state index contributed by atoms with van der Waals surface area (Å²) in [5.41, 5.74) is 2.00. The van der Waals surface area contributed by atoms with E-state index in [-0.39, 0.29) is 23.3 Å². The standard InChI is InChI=1S/C25H22FN3O3S/c1-32-21-13-7-17(8-14-21)16-28-22(15-23(30)27-19-5-3-2-4-6-19)24(31)29(25(28)33)20-11-9-18(26)10-12-20/h2-14,22H,15-16H2,1H3,(H,27,30). The van der Waals surface area contributed by atoms with Crippen LogP contribution in [0.1, 0.15) is 12.0 Å². The van der Waals surface area contributed by atoms with E-state index in [1.54, 1.807) is 24.1 Å². The molecule has 0 saturated carbocycles. The van der Waals surface area contributed by atoms with Crippen molar-refractivity contribution in [2.75, 3.05) is 17.3 Å². The molecule has 1 atom stereocenters. The molecule has 1 unspecified atom stereocenters. The van der Waals surface area contributed by atoms with Gasteiger partial charge in [0.15, 0.2) is 5.11 Å². The maximum atomic E-state index is 13.4. The van der Waals surface area contributed by atoms with Gasteiger partial charge in [0.2, 0.25) is 5.91 Å². The molecule has 1 N–H and O–H groups in total. The van der Waals surface area contributed by atoms with Gasteiger partial charge in [-0.25, -0.2) is 4.39 Å². The first-order valence-electron chi connectivity index (χ1n) is 10.3. The lowest BCUT2D eigenvalue weighted by Gasteiger charge is -2.24. The molecule has 33 heavy (non-hydrogen) atoms. The van der Waals surface area contributed by atoms with Crippen LogP contribution < -0.4 is 15.0 Å². The van der Waals surface area contributed by atoms with Crippen LogP contribution in [0.15, 0.2) is 78.9 Å². The second-order valence-electron chi connectivity index (χ2n) is 7.54. The summed E-state index contributed by atoms with van der Waals surface area (Å²) < 4.78 is 18.6. The van der Waals surface area contributed by atoms with Gasteiger partial charge in [-0.05, 0) is 66.3 Å². The maximum Gasteiger partial charge on any atom is 0.256 e. The van der Waals surface area contributed by atoms with Crippen LogP contribution in [0.3, 0.4) is 0 Å². The predicted octanol–water partition coefficient (Wildman–Crippen LogP) is 4.37. The van der Waals surface area contributed by atoms with Crippen LogP contribution in [0, 0.1) is 5.82 Å². The number of nitrogens with zero attached hydrogens (tertiary/aromatic N) is 2. The zero-order chi connectivity index (χ0) is 23.4. The van der Waals surface area contributed by atoms with E-state index in [0.717, 1.165) is 5.56 Å². The van der Waals surface area contributed by atoms with Gasteiger partial charge in [-0.2, -0.15) is 0 Å². The summed E-state index contributed by atoms with van der Waals surface area (Å²) in [7, 11) is 1.59. The molecule has 1 saturated heterocycles. The van der Waals surface area contributed by atoms with Crippen molar-refractivity contribution in [1.82, 2.24) is 4.90 Å². The fourth-order valence-corrected chi connectivity index (χ4v) is 4.07. The number of methoxy groups -OCH3 is 1. The van der Waals surface area contributed by atoms with Gasteiger partial charge in [0, 0.05) is 12.2 Å².